The molecule has 1 N–H and O–H groups in total. The second-order valence-electron chi connectivity index (χ2n) is 9.38. The number of ether oxygens (including phenoxy) is 2. The zero-order valence-corrected chi connectivity index (χ0v) is 22.3. The van der Waals surface area contributed by atoms with Crippen LogP contribution in [-0.4, -0.2) is 63.9 Å². The zero-order valence-electron chi connectivity index (χ0n) is 21.5. The van der Waals surface area contributed by atoms with Crippen molar-refractivity contribution in [3.63, 3.8) is 0 Å². The lowest BCUT2D eigenvalue weighted by Gasteiger charge is -2.35. The van der Waals surface area contributed by atoms with Crippen molar-refractivity contribution < 1.29 is 27.4 Å². The van der Waals surface area contributed by atoms with Crippen molar-refractivity contribution >= 4 is 34.7 Å². The summed E-state index contributed by atoms with van der Waals surface area (Å²) in [7, 11) is 4.36. The molecular formula is C25H30ClF3N6O3. The van der Waals surface area contributed by atoms with E-state index < -0.39 is 30.1 Å². The van der Waals surface area contributed by atoms with Gasteiger partial charge in [-0.2, -0.15) is 22.7 Å². The van der Waals surface area contributed by atoms with Gasteiger partial charge in [0, 0.05) is 32.9 Å². The van der Waals surface area contributed by atoms with Gasteiger partial charge in [-0.15, -0.1) is 5.10 Å². The standard InChI is InChI=1S/C25H30ClF3N6O3/c1-14(37-3)20-19(13-30-24-32-23(26)33-35(20)24)31-17-9-5-15(6-10-17)21(25(27,28)29)34(2)22(36)16-7-11-18(38-4)12-8-16/h5-6,9-10,13-14,16,18,21,31H,7-8,11-12H2,1-4H3/t14-,16?,18?,21+/m0/s1. The topological polar surface area (TPSA) is 93.9 Å². The van der Waals surface area contributed by atoms with E-state index in [4.69, 9.17) is 21.1 Å². The molecule has 2 heterocycles. The fourth-order valence-corrected chi connectivity index (χ4v) is 5.07. The molecule has 9 nitrogen and oxygen atoms in total. The number of carbonyl (C=O) groups is 1. The molecule has 4 rings (SSSR count). The summed E-state index contributed by atoms with van der Waals surface area (Å²) in [6.07, 6.45) is -1.17. The molecule has 38 heavy (non-hydrogen) atoms. The zero-order chi connectivity index (χ0) is 27.6. The molecule has 1 aromatic carbocycles. The summed E-state index contributed by atoms with van der Waals surface area (Å²) in [6, 6.07) is 3.71. The van der Waals surface area contributed by atoms with Crippen LogP contribution in [0.2, 0.25) is 5.28 Å². The lowest BCUT2D eigenvalue weighted by Crippen LogP contribution is -2.43. The molecule has 0 spiro atoms. The molecule has 13 heteroatoms. The molecule has 1 amide bonds. The molecular weight excluding hydrogens is 525 g/mol. The number of alkyl halides is 3. The Morgan fingerprint density at radius 1 is 1.18 bits per heavy atom. The Kier molecular flexibility index (Phi) is 8.43. The van der Waals surface area contributed by atoms with Crippen LogP contribution in [-0.2, 0) is 14.3 Å². The number of hydrogen-bond donors (Lipinski definition) is 1. The Labute approximate surface area is 223 Å². The maximum Gasteiger partial charge on any atom is 0.413 e. The number of carbonyl (C=O) groups excluding carboxylic acids is 1. The lowest BCUT2D eigenvalue weighted by atomic mass is 9.86. The maximum atomic E-state index is 14.2. The Morgan fingerprint density at radius 2 is 1.84 bits per heavy atom. The quantitative estimate of drug-likeness (QED) is 0.393. The number of nitrogens with one attached hydrogen (secondary N) is 1. The minimum Gasteiger partial charge on any atom is -0.381 e. The van der Waals surface area contributed by atoms with Crippen molar-refractivity contribution in [2.75, 3.05) is 26.6 Å². The summed E-state index contributed by atoms with van der Waals surface area (Å²) in [6.45, 7) is 1.81. The van der Waals surface area contributed by atoms with Crippen LogP contribution in [0.4, 0.5) is 24.5 Å². The highest BCUT2D eigenvalue weighted by atomic mass is 35.5. The van der Waals surface area contributed by atoms with Gasteiger partial charge in [0.05, 0.1) is 29.8 Å². The number of methoxy groups -OCH3 is 2. The lowest BCUT2D eigenvalue weighted by molar-refractivity contribution is -0.191. The smallest absolute Gasteiger partial charge is 0.381 e. The fraction of sp³-hybridized carbons (Fsp3) is 0.520. The van der Waals surface area contributed by atoms with Gasteiger partial charge in [-0.25, -0.2) is 4.98 Å². The van der Waals surface area contributed by atoms with Crippen molar-refractivity contribution in [2.24, 2.45) is 5.92 Å². The molecule has 0 aliphatic heterocycles. The van der Waals surface area contributed by atoms with Crippen molar-refractivity contribution in [2.45, 2.75) is 57.0 Å². The summed E-state index contributed by atoms with van der Waals surface area (Å²) < 4.78 is 54.8. The van der Waals surface area contributed by atoms with Crippen molar-refractivity contribution in [3.8, 4) is 0 Å². The predicted octanol–water partition coefficient (Wildman–Crippen LogP) is 5.50. The molecule has 1 aliphatic rings. The first kappa shape index (κ1) is 28.1. The second-order valence-corrected chi connectivity index (χ2v) is 9.72. The number of benzene rings is 1. The summed E-state index contributed by atoms with van der Waals surface area (Å²) in [5.41, 5.74) is 1.58. The van der Waals surface area contributed by atoms with Gasteiger partial charge in [0.15, 0.2) is 6.04 Å². The molecule has 0 unspecified atom stereocenters. The molecule has 1 saturated carbocycles. The first-order valence-corrected chi connectivity index (χ1v) is 12.6. The van der Waals surface area contributed by atoms with Gasteiger partial charge in [-0.05, 0) is 61.9 Å². The van der Waals surface area contributed by atoms with Crippen molar-refractivity contribution in [1.29, 1.82) is 0 Å². The van der Waals surface area contributed by atoms with E-state index in [1.807, 2.05) is 0 Å². The number of hydrogen-bond acceptors (Lipinski definition) is 7. The molecule has 206 valence electrons. The monoisotopic (exact) mass is 554 g/mol. The molecule has 1 fully saturated rings. The Bertz CT molecular complexity index is 1260. The first-order valence-electron chi connectivity index (χ1n) is 12.2. The highest BCUT2D eigenvalue weighted by Crippen LogP contribution is 2.40. The van der Waals surface area contributed by atoms with E-state index in [0.29, 0.717) is 42.8 Å². The van der Waals surface area contributed by atoms with E-state index in [9.17, 15) is 18.0 Å². The van der Waals surface area contributed by atoms with Crippen molar-refractivity contribution in [3.05, 3.63) is 47.0 Å². The summed E-state index contributed by atoms with van der Waals surface area (Å²) in [4.78, 5) is 22.1. The molecule has 0 saturated heterocycles. The molecule has 0 radical (unpaired) electrons. The Morgan fingerprint density at radius 3 is 2.42 bits per heavy atom. The number of halogens is 4. The van der Waals surface area contributed by atoms with Gasteiger partial charge in [-0.1, -0.05) is 12.1 Å². The molecule has 3 aromatic rings. The third kappa shape index (κ3) is 5.87. The minimum atomic E-state index is -4.65. The Hall–Kier alpha value is -2.96. The van der Waals surface area contributed by atoms with Crippen LogP contribution in [0.5, 0.6) is 0 Å². The second kappa shape index (κ2) is 11.4. The van der Waals surface area contributed by atoms with Gasteiger partial charge in [-0.3, -0.25) is 4.79 Å². The number of fused-ring (bicyclic) bond motifs is 1. The third-order valence-corrected chi connectivity index (χ3v) is 7.18. The number of aromatic nitrogens is 4. The predicted molar refractivity (Wildman–Crippen MR) is 135 cm³/mol. The first-order chi connectivity index (χ1) is 18.0. The third-order valence-electron chi connectivity index (χ3n) is 7.02. The van der Waals surface area contributed by atoms with Gasteiger partial charge in [0.1, 0.15) is 0 Å². The van der Waals surface area contributed by atoms with E-state index in [1.165, 1.54) is 49.1 Å². The highest BCUT2D eigenvalue weighted by Gasteiger charge is 2.46. The van der Waals surface area contributed by atoms with Crippen LogP contribution in [0.1, 0.15) is 56.0 Å². The van der Waals surface area contributed by atoms with Crippen LogP contribution in [0.3, 0.4) is 0 Å². The molecule has 1 aliphatic carbocycles. The van der Waals surface area contributed by atoms with E-state index in [2.05, 4.69) is 20.4 Å². The van der Waals surface area contributed by atoms with E-state index in [0.717, 1.165) is 4.90 Å². The maximum absolute atomic E-state index is 14.2. The van der Waals surface area contributed by atoms with Crippen LogP contribution >= 0.6 is 11.6 Å². The van der Waals surface area contributed by atoms with E-state index in [1.54, 1.807) is 14.0 Å². The molecule has 2 aromatic heterocycles. The largest absolute Gasteiger partial charge is 0.413 e. The van der Waals surface area contributed by atoms with Crippen LogP contribution < -0.4 is 5.32 Å². The number of nitrogens with zero attached hydrogens (tertiary/aromatic N) is 5. The van der Waals surface area contributed by atoms with Gasteiger partial charge < -0.3 is 19.7 Å². The van der Waals surface area contributed by atoms with Crippen molar-refractivity contribution in [1.82, 2.24) is 24.5 Å². The van der Waals surface area contributed by atoms with E-state index in [-0.39, 0.29) is 22.7 Å². The number of rotatable bonds is 8. The SMILES string of the molecule is COC1CCC(C(=O)N(C)[C@H](c2ccc(Nc3cnc4nc(Cl)nn4c3[C@H](C)OC)cc2)C(F)(F)F)CC1. The van der Waals surface area contributed by atoms with Gasteiger partial charge >= 0.3 is 6.18 Å². The average Bonchev–Trinajstić information content (AvgIpc) is 3.28. The molecule has 0 bridgehead atoms. The van der Waals surface area contributed by atoms with Gasteiger partial charge in [0.2, 0.25) is 11.2 Å². The van der Waals surface area contributed by atoms with Crippen LogP contribution in [0.15, 0.2) is 30.5 Å². The summed E-state index contributed by atoms with van der Waals surface area (Å²) in [5, 5.41) is 7.33. The van der Waals surface area contributed by atoms with Gasteiger partial charge in [0.25, 0.3) is 5.78 Å². The number of anilines is 2. The average molecular weight is 555 g/mol. The minimum absolute atomic E-state index is 0.0205. The Balaban J connectivity index is 1.57. The normalized spacial score (nSPS) is 19.8. The summed E-state index contributed by atoms with van der Waals surface area (Å²) in [5.74, 6) is -0.675. The van der Waals surface area contributed by atoms with E-state index >= 15 is 0 Å². The van der Waals surface area contributed by atoms with Crippen LogP contribution in [0, 0.1) is 5.92 Å². The van der Waals surface area contributed by atoms with Crippen LogP contribution in [0.25, 0.3) is 5.78 Å². The molecule has 2 atom stereocenters. The number of amides is 1. The fourth-order valence-electron chi connectivity index (χ4n) is 4.92. The highest BCUT2D eigenvalue weighted by molar-refractivity contribution is 6.28. The summed E-state index contributed by atoms with van der Waals surface area (Å²) >= 11 is 5.94.